The molecule has 2 aromatic rings. The maximum Gasteiger partial charge on any atom is 0.323 e. The number of rotatable bonds is 4. The smallest absolute Gasteiger partial charge is 0.323 e. The van der Waals surface area contributed by atoms with E-state index < -0.39 is 0 Å². The minimum atomic E-state index is -0.270. The number of nitrogens with one attached hydrogen (secondary N) is 1. The maximum atomic E-state index is 11.9. The third kappa shape index (κ3) is 3.10. The Hall–Kier alpha value is -1.37. The Morgan fingerprint density at radius 2 is 2.11 bits per heavy atom. The average Bonchev–Trinajstić information content (AvgIpc) is 2.81. The second-order valence-electron chi connectivity index (χ2n) is 3.89. The summed E-state index contributed by atoms with van der Waals surface area (Å²) in [6, 6.07) is 11.5. The lowest BCUT2D eigenvalue weighted by Crippen LogP contribution is -2.34. The van der Waals surface area contributed by atoms with Gasteiger partial charge in [-0.15, -0.1) is 4.68 Å². The lowest BCUT2D eigenvalue weighted by atomic mass is 10.1. The van der Waals surface area contributed by atoms with E-state index in [9.17, 15) is 4.79 Å². The standard InChI is InChI=1S/C13H13IN2O2/c1-16-11(7-8-15-16)9-18-13(17)12(14)10-5-3-2-4-6-10/h2-8,12H,9H2,1H3/p+1. The maximum absolute atomic E-state index is 11.9. The molecule has 1 unspecified atom stereocenters. The molecule has 0 aliphatic heterocycles. The first kappa shape index (κ1) is 13.1. The van der Waals surface area contributed by atoms with E-state index in [1.807, 2.05) is 54.3 Å². The summed E-state index contributed by atoms with van der Waals surface area (Å²) in [5.74, 6) is -0.219. The first-order valence-electron chi connectivity index (χ1n) is 5.56. The van der Waals surface area contributed by atoms with Crippen LogP contribution in [-0.4, -0.2) is 11.1 Å². The zero-order valence-electron chi connectivity index (χ0n) is 9.97. The number of carbonyl (C=O) groups excluding carboxylic acids is 1. The number of carbonyl (C=O) groups is 1. The molecule has 0 amide bonds. The number of esters is 1. The van der Waals surface area contributed by atoms with Crippen molar-refractivity contribution in [3.05, 3.63) is 53.9 Å². The molecule has 0 fully saturated rings. The number of ether oxygens (including phenoxy) is 1. The summed E-state index contributed by atoms with van der Waals surface area (Å²) in [5, 5.41) is 2.98. The Balaban J connectivity index is 1.95. The van der Waals surface area contributed by atoms with Gasteiger partial charge in [0.1, 0.15) is 3.92 Å². The summed E-state index contributed by atoms with van der Waals surface area (Å²) in [7, 11) is 1.88. The quantitative estimate of drug-likeness (QED) is 0.394. The highest BCUT2D eigenvalue weighted by Crippen LogP contribution is 2.24. The number of benzene rings is 1. The number of halogens is 1. The molecule has 0 saturated carbocycles. The molecule has 0 saturated heterocycles. The first-order valence-corrected chi connectivity index (χ1v) is 6.81. The zero-order chi connectivity index (χ0) is 13.0. The Bertz CT molecular complexity index is 525. The average molecular weight is 357 g/mol. The second kappa shape index (κ2) is 5.99. The van der Waals surface area contributed by atoms with E-state index in [4.69, 9.17) is 4.74 Å². The van der Waals surface area contributed by atoms with Crippen molar-refractivity contribution in [2.75, 3.05) is 0 Å². The van der Waals surface area contributed by atoms with Crippen LogP contribution in [0.1, 0.15) is 15.2 Å². The van der Waals surface area contributed by atoms with E-state index in [1.54, 1.807) is 0 Å². The number of aromatic nitrogens is 2. The lowest BCUT2D eigenvalue weighted by molar-refractivity contribution is -0.735. The fourth-order valence-electron chi connectivity index (χ4n) is 1.56. The number of nitrogens with zero attached hydrogens (tertiary/aromatic N) is 1. The van der Waals surface area contributed by atoms with Gasteiger partial charge < -0.3 is 4.74 Å². The molecular weight excluding hydrogens is 343 g/mol. The SMILES string of the molecule is C[n+]1[nH]ccc1COC(=O)C(I)c1ccccc1. The molecule has 1 atom stereocenters. The predicted molar refractivity (Wildman–Crippen MR) is 75.0 cm³/mol. The van der Waals surface area contributed by atoms with Gasteiger partial charge in [-0.3, -0.25) is 4.79 Å². The van der Waals surface area contributed by atoms with Crippen molar-refractivity contribution in [3.63, 3.8) is 0 Å². The first-order chi connectivity index (χ1) is 8.68. The number of alkyl halides is 1. The number of H-pyrrole nitrogens is 1. The van der Waals surface area contributed by atoms with Gasteiger partial charge in [-0.1, -0.05) is 52.9 Å². The van der Waals surface area contributed by atoms with E-state index in [-0.39, 0.29) is 16.5 Å². The molecule has 94 valence electrons. The molecule has 4 nitrogen and oxygen atoms in total. The molecular formula is C13H14IN2O2+. The van der Waals surface area contributed by atoms with Gasteiger partial charge in [-0.05, 0) is 5.56 Å². The van der Waals surface area contributed by atoms with Crippen molar-refractivity contribution in [2.45, 2.75) is 10.5 Å². The molecule has 2 rings (SSSR count). The van der Waals surface area contributed by atoms with Gasteiger partial charge in [0.2, 0.25) is 5.69 Å². The van der Waals surface area contributed by atoms with Crippen LogP contribution in [0.25, 0.3) is 0 Å². The topological polar surface area (TPSA) is 46.0 Å². The summed E-state index contributed by atoms with van der Waals surface area (Å²) in [6.45, 7) is 0.283. The van der Waals surface area contributed by atoms with Gasteiger partial charge in [0.25, 0.3) is 0 Å². The Kier molecular flexibility index (Phi) is 4.35. The molecule has 1 aromatic carbocycles. The van der Waals surface area contributed by atoms with Crippen LogP contribution in [0.4, 0.5) is 0 Å². The molecule has 0 bridgehead atoms. The normalized spacial score (nSPS) is 12.1. The summed E-state index contributed by atoms with van der Waals surface area (Å²) in [6.07, 6.45) is 1.81. The highest BCUT2D eigenvalue weighted by Gasteiger charge is 2.20. The molecule has 1 aromatic heterocycles. The van der Waals surface area contributed by atoms with Gasteiger partial charge in [0.15, 0.2) is 13.7 Å². The summed E-state index contributed by atoms with van der Waals surface area (Å²) in [4.78, 5) is 11.9. The predicted octanol–water partition coefficient (Wildman–Crippen LogP) is 2.06. The Labute approximate surface area is 119 Å². The van der Waals surface area contributed by atoms with E-state index in [2.05, 4.69) is 27.7 Å². The molecule has 0 aliphatic carbocycles. The van der Waals surface area contributed by atoms with Crippen LogP contribution in [0.2, 0.25) is 0 Å². The van der Waals surface area contributed by atoms with Crippen molar-refractivity contribution in [3.8, 4) is 0 Å². The van der Waals surface area contributed by atoms with Crippen molar-refractivity contribution < 1.29 is 14.2 Å². The molecule has 0 aliphatic rings. The number of hydrogen-bond acceptors (Lipinski definition) is 2. The van der Waals surface area contributed by atoms with Crippen LogP contribution in [-0.2, 0) is 23.2 Å². The third-order valence-electron chi connectivity index (χ3n) is 2.64. The molecule has 18 heavy (non-hydrogen) atoms. The van der Waals surface area contributed by atoms with Crippen LogP contribution in [0.3, 0.4) is 0 Å². The Morgan fingerprint density at radius 3 is 2.72 bits per heavy atom. The Morgan fingerprint density at radius 1 is 1.39 bits per heavy atom. The van der Waals surface area contributed by atoms with Gasteiger partial charge in [-0.2, -0.15) is 5.10 Å². The zero-order valence-corrected chi connectivity index (χ0v) is 12.1. The van der Waals surface area contributed by atoms with Crippen molar-refractivity contribution >= 4 is 28.6 Å². The van der Waals surface area contributed by atoms with Crippen molar-refractivity contribution in [2.24, 2.45) is 7.05 Å². The minimum Gasteiger partial charge on any atom is -0.453 e. The number of aromatic amines is 1. The van der Waals surface area contributed by atoms with E-state index in [0.717, 1.165) is 11.3 Å². The molecule has 1 heterocycles. The van der Waals surface area contributed by atoms with Crippen LogP contribution in [0, 0.1) is 0 Å². The minimum absolute atomic E-state index is 0.219. The van der Waals surface area contributed by atoms with Crippen LogP contribution in [0.15, 0.2) is 42.6 Å². The van der Waals surface area contributed by atoms with E-state index in [0.29, 0.717) is 0 Å². The molecule has 0 radical (unpaired) electrons. The van der Waals surface area contributed by atoms with Gasteiger partial charge >= 0.3 is 5.97 Å². The van der Waals surface area contributed by atoms with Crippen LogP contribution < -0.4 is 4.68 Å². The molecule has 1 N–H and O–H groups in total. The highest BCUT2D eigenvalue weighted by molar-refractivity contribution is 14.1. The van der Waals surface area contributed by atoms with Crippen LogP contribution >= 0.6 is 22.6 Å². The lowest BCUT2D eigenvalue weighted by Gasteiger charge is -2.08. The monoisotopic (exact) mass is 357 g/mol. The molecule has 5 heteroatoms. The third-order valence-corrected chi connectivity index (χ3v) is 3.86. The molecule has 0 spiro atoms. The van der Waals surface area contributed by atoms with Crippen molar-refractivity contribution in [1.82, 2.24) is 5.10 Å². The summed E-state index contributed by atoms with van der Waals surface area (Å²) < 4.78 is 6.84. The second-order valence-corrected chi connectivity index (χ2v) is 5.14. The largest absolute Gasteiger partial charge is 0.453 e. The number of aryl methyl sites for hydroxylation is 1. The van der Waals surface area contributed by atoms with Gasteiger partial charge in [0, 0.05) is 6.07 Å². The van der Waals surface area contributed by atoms with Gasteiger partial charge in [-0.25, -0.2) is 0 Å². The summed E-state index contributed by atoms with van der Waals surface area (Å²) in [5.41, 5.74) is 1.89. The summed E-state index contributed by atoms with van der Waals surface area (Å²) >= 11 is 2.09. The fourth-order valence-corrected chi connectivity index (χ4v) is 2.16. The van der Waals surface area contributed by atoms with E-state index >= 15 is 0 Å². The number of hydrogen-bond donors (Lipinski definition) is 1. The highest BCUT2D eigenvalue weighted by atomic mass is 127. The van der Waals surface area contributed by atoms with Gasteiger partial charge in [0.05, 0.1) is 6.20 Å². The van der Waals surface area contributed by atoms with Crippen molar-refractivity contribution in [1.29, 1.82) is 0 Å². The van der Waals surface area contributed by atoms with Crippen LogP contribution in [0.5, 0.6) is 0 Å². The van der Waals surface area contributed by atoms with E-state index in [1.165, 1.54) is 0 Å². The fraction of sp³-hybridized carbons (Fsp3) is 0.231.